The summed E-state index contributed by atoms with van der Waals surface area (Å²) in [6, 6.07) is -2.02. The third-order valence-corrected chi connectivity index (χ3v) is 32.5. The monoisotopic (exact) mass is 1280 g/mol. The number of hydrogen-bond acceptors (Lipinski definition) is 10. The Morgan fingerprint density at radius 1 is 0.456 bits per heavy atom. The van der Waals surface area contributed by atoms with Crippen LogP contribution in [-0.2, 0) is 28.5 Å². The molecule has 0 aromatic carbocycles. The molecule has 10 rings (SSSR count). The van der Waals surface area contributed by atoms with Crippen molar-refractivity contribution in [2.75, 3.05) is 11.5 Å². The molecule has 0 saturated heterocycles. The number of ether oxygens (including phenoxy) is 4. The van der Waals surface area contributed by atoms with E-state index in [9.17, 15) is 19.2 Å². The lowest BCUT2D eigenvalue weighted by Gasteiger charge is -2.63. The molecule has 0 bridgehead atoms. The second kappa shape index (κ2) is 24.3. The molecular formula is C78H128N2O8S2. The van der Waals surface area contributed by atoms with Crippen LogP contribution < -0.4 is 10.6 Å². The maximum Gasteiger partial charge on any atom is 0.408 e. The van der Waals surface area contributed by atoms with E-state index in [-0.39, 0.29) is 45.4 Å². The molecule has 20 atom stereocenters. The van der Waals surface area contributed by atoms with E-state index in [0.29, 0.717) is 68.0 Å². The number of rotatable bonds is 21. The smallest absolute Gasteiger partial charge is 0.408 e. The Hall–Kier alpha value is -2.34. The van der Waals surface area contributed by atoms with E-state index in [0.717, 1.165) is 75.0 Å². The van der Waals surface area contributed by atoms with Gasteiger partial charge in [0.25, 0.3) is 0 Å². The highest BCUT2D eigenvalue weighted by Crippen LogP contribution is 2.91. The van der Waals surface area contributed by atoms with Crippen LogP contribution in [0.5, 0.6) is 0 Å². The predicted molar refractivity (Wildman–Crippen MR) is 370 cm³/mol. The topological polar surface area (TPSA) is 129 Å². The minimum Gasteiger partial charge on any atom is -0.460 e. The maximum atomic E-state index is 14.8. The van der Waals surface area contributed by atoms with Gasteiger partial charge in [0, 0.05) is 22.3 Å². The lowest BCUT2D eigenvalue weighted by atomic mass is 9.41. The highest BCUT2D eigenvalue weighted by molar-refractivity contribution is 8.76. The Labute approximate surface area is 555 Å². The van der Waals surface area contributed by atoms with Gasteiger partial charge in [0.2, 0.25) is 0 Å². The standard InChI is InChI=1S/C78H128N2O8S2/c1-47(2)49(5)23-25-51(7)53-31-35-73(21)59-29-27-57-69(15,16)61(33-37-75(57)45-77(59,75)41-39-71(53,73)19)85-63(81)55(79-65(83)87-67(9,10)11)43-89-90-44-56(80-66(84)88-68(12,13)14)64(82)86-62-34-38-76-46-78(76)42-40-72(20)54(52(8)26-24-50(6)48(3)4)32-36-74(72,22)60(78)30-28-58(76)70(62,17)18/h47-48,51-62H,5-6,23-46H2,1-4,7-22H3,(H,79,83)(H,80,84)/t51-,52-,53-,54-,55+,56+,57+,58+,59+,60+,61+,62+,71-,72-,73+,74+,75-,76-,77-,78-/m1/s1. The van der Waals surface area contributed by atoms with E-state index < -0.39 is 47.4 Å². The molecule has 10 aliphatic carbocycles. The summed E-state index contributed by atoms with van der Waals surface area (Å²) in [6.45, 7) is 54.2. The highest BCUT2D eigenvalue weighted by atomic mass is 33.1. The van der Waals surface area contributed by atoms with Gasteiger partial charge in [-0.1, -0.05) is 143 Å². The van der Waals surface area contributed by atoms with Gasteiger partial charge in [-0.2, -0.15) is 0 Å². The van der Waals surface area contributed by atoms with Crippen LogP contribution in [0.1, 0.15) is 280 Å². The first-order valence-electron chi connectivity index (χ1n) is 36.6. The molecule has 0 heterocycles. The van der Waals surface area contributed by atoms with Gasteiger partial charge in [0.05, 0.1) is 0 Å². The summed E-state index contributed by atoms with van der Waals surface area (Å²) >= 11 is 0. The van der Waals surface area contributed by atoms with E-state index in [1.165, 1.54) is 123 Å². The van der Waals surface area contributed by atoms with Crippen LogP contribution in [-0.4, -0.2) is 71.1 Å². The summed E-state index contributed by atoms with van der Waals surface area (Å²) in [6.07, 6.45) is 24.7. The van der Waals surface area contributed by atoms with Crippen LogP contribution >= 0.6 is 21.6 Å². The number of alkyl carbamates (subject to hydrolysis) is 2. The Morgan fingerprint density at radius 2 is 0.789 bits per heavy atom. The van der Waals surface area contributed by atoms with Crippen molar-refractivity contribution in [2.45, 2.75) is 315 Å². The van der Waals surface area contributed by atoms with E-state index in [4.69, 9.17) is 18.9 Å². The zero-order chi connectivity index (χ0) is 66.2. The molecule has 510 valence electrons. The van der Waals surface area contributed by atoms with Gasteiger partial charge in [-0.3, -0.25) is 0 Å². The molecule has 12 heteroatoms. The average Bonchev–Trinajstić information content (AvgIpc) is 1.47. The van der Waals surface area contributed by atoms with E-state index in [1.54, 1.807) is 0 Å². The molecule has 10 nitrogen and oxygen atoms in total. The first-order valence-corrected chi connectivity index (χ1v) is 39.1. The molecular weight excluding hydrogens is 1160 g/mol. The van der Waals surface area contributed by atoms with Crippen molar-refractivity contribution in [1.29, 1.82) is 0 Å². The van der Waals surface area contributed by atoms with Gasteiger partial charge in [-0.05, 0) is 285 Å². The Balaban J connectivity index is 0.777. The van der Waals surface area contributed by atoms with Gasteiger partial charge in [0.15, 0.2) is 0 Å². The van der Waals surface area contributed by atoms with Crippen LogP contribution in [0.25, 0.3) is 0 Å². The summed E-state index contributed by atoms with van der Waals surface area (Å²) in [4.78, 5) is 56.8. The van der Waals surface area contributed by atoms with Crippen LogP contribution in [0, 0.1) is 113 Å². The summed E-state index contributed by atoms with van der Waals surface area (Å²) in [5.74, 6) is 5.78. The summed E-state index contributed by atoms with van der Waals surface area (Å²) in [7, 11) is 2.74. The SMILES string of the molecule is C=C(CC[C@@H](C)[C@H]1CC[C@@]2(C)[C@@H]3CC[C@H]4C(C)(C)[C@@H](OC(=O)[C@H](CSSC[C@H](NC(=O)OC(C)(C)C)C(=O)O[C@H]5CC[C@]67C[C@@]68CC[C@]6(C)[C@@H]([C@H](C)CCC(=C)C(C)C)CC[C@@]6(C)[C@@H]8CC[C@H]7C5(C)C)NC(=O)OC(C)(C)C)CC[C@@]45C[C@]35CC[C@]12C)C(C)C. The molecule has 90 heavy (non-hydrogen) atoms. The maximum absolute atomic E-state index is 14.8. The number of allylic oxidation sites excluding steroid dienone is 2. The molecule has 0 radical (unpaired) electrons. The minimum absolute atomic E-state index is 0.167. The van der Waals surface area contributed by atoms with E-state index >= 15 is 0 Å². The fourth-order valence-electron chi connectivity index (χ4n) is 24.7. The van der Waals surface area contributed by atoms with Crippen molar-refractivity contribution in [3.05, 3.63) is 24.3 Å². The van der Waals surface area contributed by atoms with Gasteiger partial charge in [0.1, 0.15) is 35.5 Å². The third kappa shape index (κ3) is 11.7. The minimum atomic E-state index is -1.01. The van der Waals surface area contributed by atoms with Gasteiger partial charge in [-0.15, -0.1) is 0 Å². The van der Waals surface area contributed by atoms with Crippen LogP contribution in [0.3, 0.4) is 0 Å². The number of esters is 2. The number of carbonyl (C=O) groups is 4. The number of amides is 2. The van der Waals surface area contributed by atoms with E-state index in [2.05, 4.69) is 121 Å². The summed E-state index contributed by atoms with van der Waals surface area (Å²) < 4.78 is 24.9. The Bertz CT molecular complexity index is 2560. The lowest BCUT2D eigenvalue weighted by molar-refractivity contribution is -0.184. The van der Waals surface area contributed by atoms with Gasteiger partial charge in [-0.25, -0.2) is 19.2 Å². The van der Waals surface area contributed by atoms with Crippen molar-refractivity contribution in [1.82, 2.24) is 10.6 Å². The average molecular weight is 1290 g/mol. The Kier molecular flexibility index (Phi) is 19.0. The van der Waals surface area contributed by atoms with Crippen molar-refractivity contribution in [3.63, 3.8) is 0 Å². The summed E-state index contributed by atoms with van der Waals surface area (Å²) in [5.41, 5.74) is 3.40. The molecule has 10 saturated carbocycles. The second-order valence-electron chi connectivity index (χ2n) is 37.5. The fraction of sp³-hybridized carbons (Fsp3) is 0.897. The third-order valence-electron chi connectivity index (χ3n) is 30.1. The normalized spacial score (nSPS) is 41.3. The zero-order valence-electron chi connectivity index (χ0n) is 60.6. The molecule has 0 aromatic heterocycles. The van der Waals surface area contributed by atoms with Gasteiger partial charge < -0.3 is 29.6 Å². The molecule has 0 aromatic rings. The number of hydrogen-bond donors (Lipinski definition) is 2. The first-order chi connectivity index (χ1) is 41.6. The number of carbonyl (C=O) groups excluding carboxylic acids is 4. The molecule has 2 amide bonds. The van der Waals surface area contributed by atoms with Crippen molar-refractivity contribution < 1.29 is 38.1 Å². The molecule has 0 unspecified atom stereocenters. The first kappa shape index (κ1) is 70.5. The molecule has 2 N–H and O–H groups in total. The largest absolute Gasteiger partial charge is 0.460 e. The fourth-order valence-corrected chi connectivity index (χ4v) is 27.0. The lowest BCUT2D eigenvalue weighted by Crippen LogP contribution is -2.58. The molecule has 10 aliphatic rings. The summed E-state index contributed by atoms with van der Waals surface area (Å²) in [5, 5.41) is 5.82. The molecule has 4 spiro atoms. The van der Waals surface area contributed by atoms with Crippen molar-refractivity contribution >= 4 is 45.7 Å². The quantitative estimate of drug-likeness (QED) is 0.0377. The van der Waals surface area contributed by atoms with Crippen molar-refractivity contribution in [3.8, 4) is 0 Å². The second-order valence-corrected chi connectivity index (χ2v) is 40.1. The molecule has 10 fully saturated rings. The van der Waals surface area contributed by atoms with Crippen LogP contribution in [0.4, 0.5) is 9.59 Å². The zero-order valence-corrected chi connectivity index (χ0v) is 62.2. The van der Waals surface area contributed by atoms with Gasteiger partial charge >= 0.3 is 24.1 Å². The molecule has 0 aliphatic heterocycles. The Morgan fingerprint density at radius 3 is 1.12 bits per heavy atom. The van der Waals surface area contributed by atoms with Crippen LogP contribution in [0.2, 0.25) is 0 Å². The van der Waals surface area contributed by atoms with Crippen LogP contribution in [0.15, 0.2) is 24.3 Å². The highest BCUT2D eigenvalue weighted by Gasteiger charge is 2.84. The number of nitrogens with one attached hydrogen (secondary N) is 2. The van der Waals surface area contributed by atoms with E-state index in [1.807, 2.05) is 41.5 Å². The predicted octanol–water partition coefficient (Wildman–Crippen LogP) is 20.1. The number of fused-ring (bicyclic) bond motifs is 4. The van der Waals surface area contributed by atoms with Crippen molar-refractivity contribution in [2.24, 2.45) is 113 Å².